The zero-order valence-corrected chi connectivity index (χ0v) is 9.55. The van der Waals surface area contributed by atoms with Gasteiger partial charge in [0.05, 0.1) is 5.60 Å². The van der Waals surface area contributed by atoms with E-state index >= 15 is 0 Å². The van der Waals surface area contributed by atoms with E-state index in [9.17, 15) is 5.11 Å². The van der Waals surface area contributed by atoms with E-state index in [1.807, 2.05) is 0 Å². The van der Waals surface area contributed by atoms with Gasteiger partial charge in [-0.3, -0.25) is 0 Å². The molecule has 14 heavy (non-hydrogen) atoms. The third kappa shape index (κ3) is 3.95. The van der Waals surface area contributed by atoms with E-state index in [4.69, 9.17) is 0 Å². The minimum atomic E-state index is -0.437. The second kappa shape index (κ2) is 5.69. The van der Waals surface area contributed by atoms with Crippen molar-refractivity contribution in [2.75, 3.05) is 33.2 Å². The first-order valence-corrected chi connectivity index (χ1v) is 5.78. The van der Waals surface area contributed by atoms with Gasteiger partial charge in [0.15, 0.2) is 0 Å². The van der Waals surface area contributed by atoms with Crippen LogP contribution in [-0.4, -0.2) is 48.8 Å². The molecule has 84 valence electrons. The fourth-order valence-electron chi connectivity index (χ4n) is 2.06. The van der Waals surface area contributed by atoms with E-state index in [0.29, 0.717) is 0 Å². The molecule has 0 amide bonds. The van der Waals surface area contributed by atoms with Crippen LogP contribution in [0.1, 0.15) is 32.6 Å². The summed E-state index contributed by atoms with van der Waals surface area (Å²) in [4.78, 5) is 2.26. The quantitative estimate of drug-likeness (QED) is 0.690. The van der Waals surface area contributed by atoms with Crippen LogP contribution in [-0.2, 0) is 0 Å². The lowest BCUT2D eigenvalue weighted by atomic mass is 9.92. The summed E-state index contributed by atoms with van der Waals surface area (Å²) in [5, 5.41) is 13.5. The molecule has 2 N–H and O–H groups in total. The second-order valence-electron chi connectivity index (χ2n) is 4.57. The summed E-state index contributed by atoms with van der Waals surface area (Å²) >= 11 is 0. The molecule has 1 saturated heterocycles. The molecular formula is C11H24N2O. The molecule has 0 spiro atoms. The van der Waals surface area contributed by atoms with Crippen molar-refractivity contribution in [2.24, 2.45) is 0 Å². The highest BCUT2D eigenvalue weighted by molar-refractivity contribution is 4.86. The van der Waals surface area contributed by atoms with E-state index in [0.717, 1.165) is 39.0 Å². The number of nitrogens with zero attached hydrogens (tertiary/aromatic N) is 1. The Balaban J connectivity index is 2.25. The first kappa shape index (κ1) is 12.0. The molecule has 0 aromatic carbocycles. The molecular weight excluding hydrogens is 176 g/mol. The highest BCUT2D eigenvalue weighted by Gasteiger charge is 2.29. The Morgan fingerprint density at radius 2 is 2.00 bits per heavy atom. The van der Waals surface area contributed by atoms with Crippen molar-refractivity contribution in [3.63, 3.8) is 0 Å². The van der Waals surface area contributed by atoms with Crippen LogP contribution in [0.25, 0.3) is 0 Å². The maximum Gasteiger partial charge on any atom is 0.0798 e. The highest BCUT2D eigenvalue weighted by Crippen LogP contribution is 2.18. The Hall–Kier alpha value is -0.120. The van der Waals surface area contributed by atoms with Gasteiger partial charge in [-0.2, -0.15) is 0 Å². The molecule has 0 aromatic rings. The number of hydrogen-bond donors (Lipinski definition) is 2. The molecule has 0 bridgehead atoms. The summed E-state index contributed by atoms with van der Waals surface area (Å²) < 4.78 is 0. The summed E-state index contributed by atoms with van der Waals surface area (Å²) in [6.45, 7) is 6.05. The minimum absolute atomic E-state index is 0.437. The Morgan fingerprint density at radius 3 is 2.57 bits per heavy atom. The van der Waals surface area contributed by atoms with Crippen LogP contribution in [0.5, 0.6) is 0 Å². The lowest BCUT2D eigenvalue weighted by Crippen LogP contribution is -2.49. The predicted octanol–water partition coefficient (Wildman–Crippen LogP) is 0.833. The lowest BCUT2D eigenvalue weighted by Gasteiger charge is -2.35. The van der Waals surface area contributed by atoms with Gasteiger partial charge in [-0.15, -0.1) is 0 Å². The smallest absolute Gasteiger partial charge is 0.0798 e. The Labute approximate surface area is 87.5 Å². The maximum absolute atomic E-state index is 10.3. The van der Waals surface area contributed by atoms with E-state index in [-0.39, 0.29) is 0 Å². The molecule has 1 rings (SSSR count). The molecule has 0 saturated carbocycles. The number of likely N-dealkylation sites (N-methyl/N-ethyl adjacent to an activating group) is 1. The average molecular weight is 200 g/mol. The van der Waals surface area contributed by atoms with Crippen molar-refractivity contribution in [2.45, 2.75) is 38.2 Å². The average Bonchev–Trinajstić information content (AvgIpc) is 2.15. The van der Waals surface area contributed by atoms with Crippen molar-refractivity contribution in [3.8, 4) is 0 Å². The topological polar surface area (TPSA) is 35.5 Å². The maximum atomic E-state index is 10.3. The monoisotopic (exact) mass is 200 g/mol. The van der Waals surface area contributed by atoms with Gasteiger partial charge in [0.1, 0.15) is 0 Å². The highest BCUT2D eigenvalue weighted by atomic mass is 16.3. The van der Waals surface area contributed by atoms with Crippen molar-refractivity contribution < 1.29 is 5.11 Å². The normalized spacial score (nSPS) is 21.4. The molecule has 0 atom stereocenters. The Bertz CT molecular complexity index is 155. The van der Waals surface area contributed by atoms with Crippen LogP contribution in [0.15, 0.2) is 0 Å². The summed E-state index contributed by atoms with van der Waals surface area (Å²) in [5.41, 5.74) is -0.437. The summed E-state index contributed by atoms with van der Waals surface area (Å²) in [6.07, 6.45) is 4.24. The van der Waals surface area contributed by atoms with E-state index in [2.05, 4.69) is 24.2 Å². The molecule has 3 heteroatoms. The van der Waals surface area contributed by atoms with Gasteiger partial charge < -0.3 is 15.3 Å². The molecule has 3 nitrogen and oxygen atoms in total. The molecule has 1 aliphatic rings. The number of aliphatic hydroxyl groups is 1. The van der Waals surface area contributed by atoms with Gasteiger partial charge in [-0.25, -0.2) is 0 Å². The van der Waals surface area contributed by atoms with E-state index in [1.165, 1.54) is 12.8 Å². The third-order valence-corrected chi connectivity index (χ3v) is 2.99. The van der Waals surface area contributed by atoms with Gasteiger partial charge in [0.25, 0.3) is 0 Å². The van der Waals surface area contributed by atoms with Crippen LogP contribution < -0.4 is 5.32 Å². The number of unbranched alkanes of at least 4 members (excludes halogenated alkanes) is 1. The summed E-state index contributed by atoms with van der Waals surface area (Å²) in [6, 6.07) is 0. The summed E-state index contributed by atoms with van der Waals surface area (Å²) in [5.74, 6) is 0. The van der Waals surface area contributed by atoms with E-state index < -0.39 is 5.60 Å². The fraction of sp³-hybridized carbons (Fsp3) is 1.00. The van der Waals surface area contributed by atoms with Crippen LogP contribution in [0.2, 0.25) is 0 Å². The van der Waals surface area contributed by atoms with Gasteiger partial charge in [0.2, 0.25) is 0 Å². The number of rotatable bonds is 5. The van der Waals surface area contributed by atoms with Crippen LogP contribution >= 0.6 is 0 Å². The van der Waals surface area contributed by atoms with E-state index in [1.54, 1.807) is 0 Å². The molecule has 1 heterocycles. The minimum Gasteiger partial charge on any atom is -0.388 e. The largest absolute Gasteiger partial charge is 0.388 e. The number of piperidine rings is 1. The zero-order valence-electron chi connectivity index (χ0n) is 9.55. The number of hydrogen-bond acceptors (Lipinski definition) is 3. The first-order valence-electron chi connectivity index (χ1n) is 5.78. The predicted molar refractivity (Wildman–Crippen MR) is 59.5 cm³/mol. The van der Waals surface area contributed by atoms with Gasteiger partial charge in [-0.05, 0) is 45.9 Å². The van der Waals surface area contributed by atoms with Crippen LogP contribution in [0.3, 0.4) is 0 Å². The summed E-state index contributed by atoms with van der Waals surface area (Å²) in [7, 11) is 2.11. The van der Waals surface area contributed by atoms with Crippen LogP contribution in [0.4, 0.5) is 0 Å². The van der Waals surface area contributed by atoms with Crippen LogP contribution in [0, 0.1) is 0 Å². The van der Waals surface area contributed by atoms with Gasteiger partial charge in [0, 0.05) is 6.54 Å². The second-order valence-corrected chi connectivity index (χ2v) is 4.57. The van der Waals surface area contributed by atoms with Crippen molar-refractivity contribution in [1.29, 1.82) is 0 Å². The first-order chi connectivity index (χ1) is 6.66. The molecule has 1 aliphatic heterocycles. The Morgan fingerprint density at radius 1 is 1.36 bits per heavy atom. The number of nitrogens with one attached hydrogen (secondary N) is 1. The van der Waals surface area contributed by atoms with Gasteiger partial charge >= 0.3 is 0 Å². The molecule has 0 radical (unpaired) electrons. The third-order valence-electron chi connectivity index (χ3n) is 2.99. The van der Waals surface area contributed by atoms with Crippen molar-refractivity contribution in [3.05, 3.63) is 0 Å². The Kier molecular flexibility index (Phi) is 4.85. The lowest BCUT2D eigenvalue weighted by molar-refractivity contribution is -0.0154. The standard InChI is InChI=1S/C11H24N2O/c1-3-4-9-13(2)10-11(14)5-7-12-8-6-11/h12,14H,3-10H2,1-2H3. The molecule has 0 aromatic heterocycles. The molecule has 1 fully saturated rings. The molecule has 0 unspecified atom stereocenters. The van der Waals surface area contributed by atoms with Crippen molar-refractivity contribution in [1.82, 2.24) is 10.2 Å². The van der Waals surface area contributed by atoms with Gasteiger partial charge in [-0.1, -0.05) is 13.3 Å². The molecule has 0 aliphatic carbocycles. The fourth-order valence-corrected chi connectivity index (χ4v) is 2.06. The zero-order chi connectivity index (χ0) is 10.4. The van der Waals surface area contributed by atoms with Crippen molar-refractivity contribution >= 4 is 0 Å². The SMILES string of the molecule is CCCCN(C)CC1(O)CCNCC1.